The fraction of sp³-hybridized carbons (Fsp3) is 0.308. The molecular formula is C13H15ClN4OS. The van der Waals surface area contributed by atoms with Crippen LogP contribution in [0.15, 0.2) is 28.8 Å². The fourth-order valence-corrected chi connectivity index (χ4v) is 2.02. The number of hydrogen-bond acceptors (Lipinski definition) is 4. The Labute approximate surface area is 127 Å². The summed E-state index contributed by atoms with van der Waals surface area (Å²) in [5.41, 5.74) is 0.818. The largest absolute Gasteiger partial charge is 0.366 e. The molecule has 1 aromatic heterocycles. The first-order chi connectivity index (χ1) is 9.52. The molecule has 0 aliphatic carbocycles. The highest BCUT2D eigenvalue weighted by molar-refractivity contribution is 7.80. The van der Waals surface area contributed by atoms with Crippen LogP contribution in [-0.2, 0) is 0 Å². The van der Waals surface area contributed by atoms with Gasteiger partial charge < -0.3 is 14.7 Å². The Bertz CT molecular complexity index is 616. The van der Waals surface area contributed by atoms with Crippen molar-refractivity contribution in [2.45, 2.75) is 13.0 Å². The molecule has 106 valence electrons. The van der Waals surface area contributed by atoms with Gasteiger partial charge in [0.25, 0.3) is 0 Å². The van der Waals surface area contributed by atoms with E-state index in [1.807, 2.05) is 31.0 Å². The molecule has 5 nitrogen and oxygen atoms in total. The standard InChI is InChI=1S/C13H15ClN4OS/c1-8(18(3)13(20)15-2)12-16-11(17-19-12)9-5-4-6-10(14)7-9/h4-8H,1-3H3,(H,15,20). The third kappa shape index (κ3) is 3.08. The van der Waals surface area contributed by atoms with Crippen molar-refractivity contribution >= 4 is 28.9 Å². The van der Waals surface area contributed by atoms with E-state index in [2.05, 4.69) is 15.5 Å². The number of nitrogens with one attached hydrogen (secondary N) is 1. The monoisotopic (exact) mass is 310 g/mol. The second-order valence-corrected chi connectivity index (χ2v) is 5.13. The lowest BCUT2D eigenvalue weighted by Gasteiger charge is -2.23. The number of halogens is 1. The molecule has 0 saturated heterocycles. The summed E-state index contributed by atoms with van der Waals surface area (Å²) in [4.78, 5) is 6.25. The number of aromatic nitrogens is 2. The second-order valence-electron chi connectivity index (χ2n) is 4.31. The number of rotatable bonds is 3. The first-order valence-electron chi connectivity index (χ1n) is 6.07. The lowest BCUT2D eigenvalue weighted by molar-refractivity contribution is 0.284. The zero-order chi connectivity index (χ0) is 14.7. The molecule has 1 N–H and O–H groups in total. The van der Waals surface area contributed by atoms with Crippen LogP contribution in [-0.4, -0.2) is 34.2 Å². The van der Waals surface area contributed by atoms with Gasteiger partial charge in [-0.05, 0) is 31.3 Å². The molecule has 20 heavy (non-hydrogen) atoms. The molecule has 7 heteroatoms. The quantitative estimate of drug-likeness (QED) is 0.880. The first-order valence-corrected chi connectivity index (χ1v) is 6.85. The van der Waals surface area contributed by atoms with E-state index < -0.39 is 0 Å². The van der Waals surface area contributed by atoms with E-state index >= 15 is 0 Å². The zero-order valence-corrected chi connectivity index (χ0v) is 13.0. The number of hydrogen-bond donors (Lipinski definition) is 1. The molecule has 0 spiro atoms. The predicted octanol–water partition coefficient (Wildman–Crippen LogP) is 2.89. The van der Waals surface area contributed by atoms with Crippen LogP contribution >= 0.6 is 23.8 Å². The summed E-state index contributed by atoms with van der Waals surface area (Å²) in [5.74, 6) is 1.01. The topological polar surface area (TPSA) is 54.2 Å². The molecule has 0 aliphatic rings. The molecule has 0 saturated carbocycles. The molecule has 0 aliphatic heterocycles. The Balaban J connectivity index is 2.23. The van der Waals surface area contributed by atoms with Crippen molar-refractivity contribution in [2.24, 2.45) is 0 Å². The average molecular weight is 311 g/mol. The maximum absolute atomic E-state index is 5.96. The van der Waals surface area contributed by atoms with Crippen molar-refractivity contribution in [3.05, 3.63) is 35.2 Å². The first kappa shape index (κ1) is 14.7. The van der Waals surface area contributed by atoms with Gasteiger partial charge in [-0.2, -0.15) is 4.98 Å². The van der Waals surface area contributed by atoms with Crippen molar-refractivity contribution in [3.63, 3.8) is 0 Å². The van der Waals surface area contributed by atoms with E-state index in [1.54, 1.807) is 19.2 Å². The maximum Gasteiger partial charge on any atom is 0.249 e. The van der Waals surface area contributed by atoms with Gasteiger partial charge in [0.15, 0.2) is 5.11 Å². The molecule has 2 aromatic rings. The van der Waals surface area contributed by atoms with Crippen LogP contribution in [0.3, 0.4) is 0 Å². The van der Waals surface area contributed by atoms with Gasteiger partial charge in [0.05, 0.1) is 0 Å². The highest BCUT2D eigenvalue weighted by atomic mass is 35.5. The van der Waals surface area contributed by atoms with Gasteiger partial charge in [-0.1, -0.05) is 28.9 Å². The zero-order valence-electron chi connectivity index (χ0n) is 11.4. The summed E-state index contributed by atoms with van der Waals surface area (Å²) in [7, 11) is 3.64. The van der Waals surface area contributed by atoms with Crippen LogP contribution in [0.2, 0.25) is 5.02 Å². The molecule has 1 heterocycles. The van der Waals surface area contributed by atoms with Crippen LogP contribution in [0.4, 0.5) is 0 Å². The third-order valence-electron chi connectivity index (χ3n) is 3.00. The third-order valence-corrected chi connectivity index (χ3v) is 3.72. The Morgan fingerprint density at radius 1 is 1.50 bits per heavy atom. The summed E-state index contributed by atoms with van der Waals surface area (Å²) >= 11 is 11.1. The Morgan fingerprint density at radius 3 is 2.90 bits per heavy atom. The van der Waals surface area contributed by atoms with Crippen LogP contribution in [0.5, 0.6) is 0 Å². The van der Waals surface area contributed by atoms with Crippen LogP contribution < -0.4 is 5.32 Å². The molecule has 0 fully saturated rings. The summed E-state index contributed by atoms with van der Waals surface area (Å²) in [6, 6.07) is 7.21. The average Bonchev–Trinajstić information content (AvgIpc) is 2.94. The Kier molecular flexibility index (Phi) is 4.57. The van der Waals surface area contributed by atoms with Crippen LogP contribution in [0.1, 0.15) is 18.9 Å². The van der Waals surface area contributed by atoms with Crippen molar-refractivity contribution in [1.82, 2.24) is 20.4 Å². The number of benzene rings is 1. The minimum absolute atomic E-state index is 0.115. The van der Waals surface area contributed by atoms with Crippen molar-refractivity contribution in [1.29, 1.82) is 0 Å². The molecule has 1 aromatic carbocycles. The molecule has 1 atom stereocenters. The van der Waals surface area contributed by atoms with Gasteiger partial charge >= 0.3 is 0 Å². The lowest BCUT2D eigenvalue weighted by atomic mass is 10.2. The highest BCUT2D eigenvalue weighted by Crippen LogP contribution is 2.23. The molecule has 1 unspecified atom stereocenters. The minimum Gasteiger partial charge on any atom is -0.366 e. The van der Waals surface area contributed by atoms with Crippen LogP contribution in [0, 0.1) is 0 Å². The van der Waals surface area contributed by atoms with E-state index in [0.717, 1.165) is 5.56 Å². The molecule has 0 radical (unpaired) electrons. The summed E-state index contributed by atoms with van der Waals surface area (Å²) < 4.78 is 5.30. The normalized spacial score (nSPS) is 12.0. The lowest BCUT2D eigenvalue weighted by Crippen LogP contribution is -2.36. The summed E-state index contributed by atoms with van der Waals surface area (Å²) in [5, 5.41) is 8.14. The van der Waals surface area contributed by atoms with Crippen molar-refractivity contribution in [3.8, 4) is 11.4 Å². The molecule has 0 bridgehead atoms. The molecule has 0 amide bonds. The van der Waals surface area contributed by atoms with E-state index in [-0.39, 0.29) is 6.04 Å². The summed E-state index contributed by atoms with van der Waals surface area (Å²) in [6.07, 6.45) is 0. The Morgan fingerprint density at radius 2 is 2.25 bits per heavy atom. The number of thiocarbonyl (C=S) groups is 1. The van der Waals surface area contributed by atoms with Gasteiger partial charge in [-0.25, -0.2) is 0 Å². The Hall–Kier alpha value is -1.66. The smallest absolute Gasteiger partial charge is 0.249 e. The predicted molar refractivity (Wildman–Crippen MR) is 82.6 cm³/mol. The SMILES string of the molecule is CNC(=S)N(C)C(C)c1nc(-c2cccc(Cl)c2)no1. The number of nitrogens with zero attached hydrogens (tertiary/aromatic N) is 3. The maximum atomic E-state index is 5.96. The van der Waals surface area contributed by atoms with E-state index in [0.29, 0.717) is 21.9 Å². The second kappa shape index (κ2) is 6.19. The summed E-state index contributed by atoms with van der Waals surface area (Å²) in [6.45, 7) is 1.94. The van der Waals surface area contributed by atoms with E-state index in [4.69, 9.17) is 28.3 Å². The van der Waals surface area contributed by atoms with Gasteiger partial charge in [-0.3, -0.25) is 0 Å². The minimum atomic E-state index is -0.115. The van der Waals surface area contributed by atoms with E-state index in [1.165, 1.54) is 0 Å². The van der Waals surface area contributed by atoms with Crippen molar-refractivity contribution < 1.29 is 4.52 Å². The van der Waals surface area contributed by atoms with Gasteiger partial charge in [0, 0.05) is 24.7 Å². The van der Waals surface area contributed by atoms with Gasteiger partial charge in [-0.15, -0.1) is 0 Å². The molecule has 2 rings (SSSR count). The van der Waals surface area contributed by atoms with Gasteiger partial charge in [0.2, 0.25) is 11.7 Å². The van der Waals surface area contributed by atoms with Crippen LogP contribution in [0.25, 0.3) is 11.4 Å². The van der Waals surface area contributed by atoms with Crippen molar-refractivity contribution in [2.75, 3.05) is 14.1 Å². The fourth-order valence-electron chi connectivity index (χ4n) is 1.67. The highest BCUT2D eigenvalue weighted by Gasteiger charge is 2.20. The molecular weight excluding hydrogens is 296 g/mol. The van der Waals surface area contributed by atoms with E-state index in [9.17, 15) is 0 Å². The van der Waals surface area contributed by atoms with Gasteiger partial charge in [0.1, 0.15) is 6.04 Å².